The van der Waals surface area contributed by atoms with E-state index in [1.54, 1.807) is 0 Å². The van der Waals surface area contributed by atoms with Crippen LogP contribution in [0.3, 0.4) is 0 Å². The molecule has 1 N–H and O–H groups in total. The third-order valence-electron chi connectivity index (χ3n) is 4.40. The van der Waals surface area contributed by atoms with Gasteiger partial charge in [0.2, 0.25) is 5.91 Å². The number of anilines is 2. The van der Waals surface area contributed by atoms with Crippen LogP contribution < -0.4 is 15.1 Å². The zero-order valence-corrected chi connectivity index (χ0v) is 14.8. The van der Waals surface area contributed by atoms with Crippen LogP contribution in [0.4, 0.5) is 29.3 Å². The monoisotopic (exact) mass is 387 g/mol. The van der Waals surface area contributed by atoms with E-state index in [1.165, 1.54) is 11.8 Å². The van der Waals surface area contributed by atoms with E-state index < -0.39 is 41.0 Å². The number of benzene rings is 1. The number of cyclic esters (lactones) is 1. The maximum Gasteiger partial charge on any atom is 0.414 e. The number of carbonyl (C=O) groups is 2. The number of hydrogen-bond acceptors (Lipinski definition) is 5. The number of hydrogen-bond donors (Lipinski definition) is 1. The van der Waals surface area contributed by atoms with Crippen LogP contribution in [0, 0.1) is 17.5 Å². The molecule has 0 unspecified atom stereocenters. The van der Waals surface area contributed by atoms with Gasteiger partial charge in [0, 0.05) is 32.7 Å². The normalized spacial score (nSPS) is 20.4. The summed E-state index contributed by atoms with van der Waals surface area (Å²) in [6.45, 7) is 2.50. The molecular formula is C17H20F3N3O4. The number of amides is 2. The molecular weight excluding hydrogens is 367 g/mol. The molecule has 0 radical (unpaired) electrons. The molecule has 1 atom stereocenters. The highest BCUT2D eigenvalue weighted by Crippen LogP contribution is 2.34. The van der Waals surface area contributed by atoms with Gasteiger partial charge in [-0.1, -0.05) is 0 Å². The van der Waals surface area contributed by atoms with Gasteiger partial charge in [-0.05, 0) is 6.42 Å². The number of nitrogens with one attached hydrogen (secondary N) is 1. The Morgan fingerprint density at radius 2 is 2.04 bits per heavy atom. The smallest absolute Gasteiger partial charge is 0.414 e. The average Bonchev–Trinajstić information content (AvgIpc) is 2.81. The highest BCUT2D eigenvalue weighted by molar-refractivity contribution is 5.90. The topological polar surface area (TPSA) is 71.1 Å². The summed E-state index contributed by atoms with van der Waals surface area (Å²) in [6.07, 6.45) is -1.11. The molecule has 10 heteroatoms. The molecule has 2 heterocycles. The Kier molecular flexibility index (Phi) is 5.73. The summed E-state index contributed by atoms with van der Waals surface area (Å²) in [7, 11) is 0. The lowest BCUT2D eigenvalue weighted by Gasteiger charge is -2.25. The zero-order valence-electron chi connectivity index (χ0n) is 14.8. The largest absolute Gasteiger partial charge is 0.442 e. The Hall–Kier alpha value is -2.49. The minimum Gasteiger partial charge on any atom is -0.442 e. The standard InChI is InChI=1S/C17H20F3N3O4/c1-10(24)21-8-11-9-23(17(25)27-11)13-7-12(18)16(15(20)14(13)19)22-3-2-5-26-6-4-22/h7,11H,2-6,8-9H2,1H3,(H,21,24)/t11-/m0/s1. The molecule has 0 aliphatic carbocycles. The van der Waals surface area contributed by atoms with Gasteiger partial charge < -0.3 is 19.7 Å². The van der Waals surface area contributed by atoms with Crippen molar-refractivity contribution < 1.29 is 32.2 Å². The van der Waals surface area contributed by atoms with Gasteiger partial charge in [-0.25, -0.2) is 18.0 Å². The zero-order chi connectivity index (χ0) is 19.6. The van der Waals surface area contributed by atoms with Crippen molar-refractivity contribution in [2.45, 2.75) is 19.4 Å². The highest BCUT2D eigenvalue weighted by Gasteiger charge is 2.36. The Bertz CT molecular complexity index is 739. The molecule has 27 heavy (non-hydrogen) atoms. The summed E-state index contributed by atoms with van der Waals surface area (Å²) in [5, 5.41) is 2.47. The molecule has 0 spiro atoms. The summed E-state index contributed by atoms with van der Waals surface area (Å²) < 4.78 is 54.2. The van der Waals surface area contributed by atoms with Gasteiger partial charge in [0.1, 0.15) is 11.8 Å². The molecule has 7 nitrogen and oxygen atoms in total. The van der Waals surface area contributed by atoms with Crippen molar-refractivity contribution in [3.05, 3.63) is 23.5 Å². The molecule has 2 aliphatic rings. The Labute approximate surface area is 154 Å². The Morgan fingerprint density at radius 3 is 2.78 bits per heavy atom. The quantitative estimate of drug-likeness (QED) is 0.798. The molecule has 148 valence electrons. The van der Waals surface area contributed by atoms with E-state index in [-0.39, 0.29) is 32.1 Å². The molecule has 3 rings (SSSR count). The first-order valence-electron chi connectivity index (χ1n) is 8.61. The number of nitrogens with zero attached hydrogens (tertiary/aromatic N) is 2. The fourth-order valence-corrected chi connectivity index (χ4v) is 3.11. The molecule has 0 bridgehead atoms. The van der Waals surface area contributed by atoms with E-state index in [0.717, 1.165) is 11.0 Å². The third kappa shape index (κ3) is 4.10. The number of ether oxygens (including phenoxy) is 2. The second kappa shape index (κ2) is 8.03. The van der Waals surface area contributed by atoms with E-state index in [1.807, 2.05) is 0 Å². The predicted molar refractivity (Wildman–Crippen MR) is 90.3 cm³/mol. The molecule has 2 amide bonds. The van der Waals surface area contributed by atoms with Crippen LogP contribution in [-0.2, 0) is 14.3 Å². The second-order valence-corrected chi connectivity index (χ2v) is 6.36. The molecule has 0 aromatic heterocycles. The van der Waals surface area contributed by atoms with E-state index in [4.69, 9.17) is 9.47 Å². The average molecular weight is 387 g/mol. The van der Waals surface area contributed by atoms with Gasteiger partial charge in [-0.15, -0.1) is 0 Å². The van der Waals surface area contributed by atoms with Crippen molar-refractivity contribution in [3.63, 3.8) is 0 Å². The van der Waals surface area contributed by atoms with Crippen molar-refractivity contribution in [2.75, 3.05) is 49.2 Å². The number of halogens is 3. The van der Waals surface area contributed by atoms with E-state index >= 15 is 0 Å². The molecule has 2 fully saturated rings. The fourth-order valence-electron chi connectivity index (χ4n) is 3.11. The van der Waals surface area contributed by atoms with Crippen LogP contribution in [0.1, 0.15) is 13.3 Å². The summed E-state index contributed by atoms with van der Waals surface area (Å²) >= 11 is 0. The van der Waals surface area contributed by atoms with Gasteiger partial charge in [0.25, 0.3) is 0 Å². The van der Waals surface area contributed by atoms with Crippen LogP contribution in [0.5, 0.6) is 0 Å². The van der Waals surface area contributed by atoms with Gasteiger partial charge in [0.15, 0.2) is 17.5 Å². The lowest BCUT2D eigenvalue weighted by Crippen LogP contribution is -2.33. The summed E-state index contributed by atoms with van der Waals surface area (Å²) in [4.78, 5) is 25.2. The molecule has 2 aliphatic heterocycles. The van der Waals surface area contributed by atoms with Gasteiger partial charge in [-0.3, -0.25) is 9.69 Å². The summed E-state index contributed by atoms with van der Waals surface area (Å²) in [5.74, 6) is -3.97. The first-order valence-corrected chi connectivity index (χ1v) is 8.61. The number of carbonyl (C=O) groups excluding carboxylic acids is 2. The fraction of sp³-hybridized carbons (Fsp3) is 0.529. The first-order chi connectivity index (χ1) is 12.9. The Balaban J connectivity index is 1.84. The maximum absolute atomic E-state index is 14.6. The lowest BCUT2D eigenvalue weighted by molar-refractivity contribution is -0.119. The van der Waals surface area contributed by atoms with Gasteiger partial charge in [-0.2, -0.15) is 0 Å². The van der Waals surface area contributed by atoms with E-state index in [2.05, 4.69) is 5.32 Å². The number of rotatable bonds is 4. The first kappa shape index (κ1) is 19.3. The van der Waals surface area contributed by atoms with E-state index in [0.29, 0.717) is 19.6 Å². The minimum absolute atomic E-state index is 0.0238. The van der Waals surface area contributed by atoms with Gasteiger partial charge >= 0.3 is 6.09 Å². The van der Waals surface area contributed by atoms with Crippen LogP contribution in [0.2, 0.25) is 0 Å². The predicted octanol–water partition coefficient (Wildman–Crippen LogP) is 1.79. The van der Waals surface area contributed by atoms with Crippen molar-refractivity contribution in [3.8, 4) is 0 Å². The van der Waals surface area contributed by atoms with E-state index in [9.17, 15) is 22.8 Å². The third-order valence-corrected chi connectivity index (χ3v) is 4.40. The Morgan fingerprint density at radius 1 is 1.26 bits per heavy atom. The van der Waals surface area contributed by atoms with Crippen LogP contribution in [-0.4, -0.2) is 57.5 Å². The van der Waals surface area contributed by atoms with Crippen molar-refractivity contribution in [1.29, 1.82) is 0 Å². The summed E-state index contributed by atoms with van der Waals surface area (Å²) in [5.41, 5.74) is -1.00. The van der Waals surface area contributed by atoms with Crippen molar-refractivity contribution in [2.24, 2.45) is 0 Å². The lowest BCUT2D eigenvalue weighted by atomic mass is 10.2. The van der Waals surface area contributed by atoms with Crippen molar-refractivity contribution in [1.82, 2.24) is 5.32 Å². The van der Waals surface area contributed by atoms with Gasteiger partial charge in [0.05, 0.1) is 25.4 Å². The molecule has 0 saturated carbocycles. The highest BCUT2D eigenvalue weighted by atomic mass is 19.2. The maximum atomic E-state index is 14.6. The van der Waals surface area contributed by atoms with Crippen LogP contribution >= 0.6 is 0 Å². The minimum atomic E-state index is -1.36. The van der Waals surface area contributed by atoms with Crippen LogP contribution in [0.15, 0.2) is 6.07 Å². The van der Waals surface area contributed by atoms with Crippen molar-refractivity contribution >= 4 is 23.4 Å². The molecule has 1 aromatic rings. The second-order valence-electron chi connectivity index (χ2n) is 6.36. The molecule has 1 aromatic carbocycles. The SMILES string of the molecule is CC(=O)NC[C@H]1CN(c2cc(F)c(N3CCCOCC3)c(F)c2F)C(=O)O1. The molecule has 2 saturated heterocycles. The van der Waals surface area contributed by atoms with Crippen LogP contribution in [0.25, 0.3) is 0 Å². The summed E-state index contributed by atoms with van der Waals surface area (Å²) in [6, 6.07) is 0.793.